The minimum absolute atomic E-state index is 0.0348. The second kappa shape index (κ2) is 5.79. The first-order valence-electron chi connectivity index (χ1n) is 7.69. The maximum absolute atomic E-state index is 12.9. The van der Waals surface area contributed by atoms with Gasteiger partial charge in [-0.15, -0.1) is 0 Å². The summed E-state index contributed by atoms with van der Waals surface area (Å²) in [6.45, 7) is 1.03. The molecule has 1 aliphatic heterocycles. The van der Waals surface area contributed by atoms with Crippen molar-refractivity contribution in [3.8, 4) is 0 Å². The molecule has 0 bridgehead atoms. The maximum atomic E-state index is 12.9. The molecule has 4 rings (SSSR count). The van der Waals surface area contributed by atoms with Crippen LogP contribution in [0.4, 0.5) is 0 Å². The molecule has 2 aromatic heterocycles. The van der Waals surface area contributed by atoms with Crippen molar-refractivity contribution in [1.29, 1.82) is 0 Å². The van der Waals surface area contributed by atoms with Crippen LogP contribution in [-0.4, -0.2) is 37.1 Å². The van der Waals surface area contributed by atoms with Gasteiger partial charge in [-0.2, -0.15) is 5.10 Å². The Kier molecular flexibility index (Phi) is 3.61. The Labute approximate surface area is 144 Å². The topological polar surface area (TPSA) is 66.8 Å². The summed E-state index contributed by atoms with van der Waals surface area (Å²) in [4.78, 5) is 22.3. The molecule has 1 amide bonds. The van der Waals surface area contributed by atoms with Crippen LogP contribution < -0.4 is 0 Å². The molecule has 0 fully saturated rings. The molecular weight excluding hydrogens is 326 g/mol. The van der Waals surface area contributed by atoms with Gasteiger partial charge < -0.3 is 9.88 Å². The molecule has 0 aliphatic carbocycles. The monoisotopic (exact) mass is 341 g/mol. The fraction of sp³-hybridized carbons (Fsp3) is 0.235. The number of benzene rings is 1. The molecule has 1 aromatic carbocycles. The SMILES string of the molecule is Cn1cc(Cl)c(C(=O)N2Cc3[nH]cnc3C(c3ccccc3)C2)n1. The number of aryl methyl sites for hydroxylation is 1. The van der Waals surface area contributed by atoms with Gasteiger partial charge in [-0.3, -0.25) is 9.48 Å². The van der Waals surface area contributed by atoms with Gasteiger partial charge in [0.1, 0.15) is 0 Å². The fourth-order valence-corrected chi connectivity index (χ4v) is 3.44. The second-order valence-electron chi connectivity index (χ2n) is 5.91. The molecule has 0 saturated carbocycles. The molecule has 0 saturated heterocycles. The van der Waals surface area contributed by atoms with E-state index in [1.54, 1.807) is 29.2 Å². The standard InChI is InChI=1S/C17H16ClN5O/c1-22-8-13(18)16(21-22)17(24)23-7-12(11-5-3-2-4-6-11)15-14(9-23)19-10-20-15/h2-6,8,10,12H,7,9H2,1H3,(H,19,20). The number of carbonyl (C=O) groups excluding carboxylic acids is 1. The van der Waals surface area contributed by atoms with Gasteiger partial charge in [-0.05, 0) is 5.56 Å². The zero-order valence-electron chi connectivity index (χ0n) is 13.1. The second-order valence-corrected chi connectivity index (χ2v) is 6.32. The van der Waals surface area contributed by atoms with E-state index in [0.717, 1.165) is 17.0 Å². The van der Waals surface area contributed by atoms with Gasteiger partial charge in [0.15, 0.2) is 5.69 Å². The highest BCUT2D eigenvalue weighted by Gasteiger charge is 2.33. The Bertz CT molecular complexity index is 886. The minimum atomic E-state index is -0.165. The Morgan fingerprint density at radius 2 is 2.12 bits per heavy atom. The molecule has 122 valence electrons. The van der Waals surface area contributed by atoms with Crippen molar-refractivity contribution in [2.75, 3.05) is 6.54 Å². The number of fused-ring (bicyclic) bond motifs is 1. The van der Waals surface area contributed by atoms with Gasteiger partial charge in [0.05, 0.1) is 29.3 Å². The predicted molar refractivity (Wildman–Crippen MR) is 89.8 cm³/mol. The molecule has 0 spiro atoms. The van der Waals surface area contributed by atoms with Crippen molar-refractivity contribution in [1.82, 2.24) is 24.6 Å². The lowest BCUT2D eigenvalue weighted by atomic mass is 9.91. The lowest BCUT2D eigenvalue weighted by molar-refractivity contribution is 0.0715. The van der Waals surface area contributed by atoms with Gasteiger partial charge in [-0.1, -0.05) is 41.9 Å². The van der Waals surface area contributed by atoms with E-state index >= 15 is 0 Å². The molecule has 1 unspecified atom stereocenters. The van der Waals surface area contributed by atoms with Crippen LogP contribution in [0.2, 0.25) is 5.02 Å². The lowest BCUT2D eigenvalue weighted by Crippen LogP contribution is -2.39. The molecule has 1 aliphatic rings. The third kappa shape index (κ3) is 2.49. The van der Waals surface area contributed by atoms with Crippen molar-refractivity contribution in [2.24, 2.45) is 7.05 Å². The van der Waals surface area contributed by atoms with Crippen molar-refractivity contribution in [2.45, 2.75) is 12.5 Å². The Hall–Kier alpha value is -2.60. The summed E-state index contributed by atoms with van der Waals surface area (Å²) in [7, 11) is 1.75. The van der Waals surface area contributed by atoms with Crippen molar-refractivity contribution in [3.05, 3.63) is 70.5 Å². The molecule has 1 N–H and O–H groups in total. The average Bonchev–Trinajstić information content (AvgIpc) is 3.19. The van der Waals surface area contributed by atoms with Crippen LogP contribution in [0, 0.1) is 0 Å². The number of imidazole rings is 1. The largest absolute Gasteiger partial charge is 0.347 e. The number of H-pyrrole nitrogens is 1. The zero-order chi connectivity index (χ0) is 16.7. The van der Waals surface area contributed by atoms with Crippen LogP contribution >= 0.6 is 11.6 Å². The van der Waals surface area contributed by atoms with Gasteiger partial charge in [0.25, 0.3) is 5.91 Å². The molecule has 6 nitrogen and oxygen atoms in total. The minimum Gasteiger partial charge on any atom is -0.347 e. The van der Waals surface area contributed by atoms with Crippen LogP contribution in [0.5, 0.6) is 0 Å². The summed E-state index contributed by atoms with van der Waals surface area (Å²) in [5.41, 5.74) is 3.37. The highest BCUT2D eigenvalue weighted by Crippen LogP contribution is 2.32. The number of halogens is 1. The molecule has 3 heterocycles. The zero-order valence-corrected chi connectivity index (χ0v) is 13.9. The van der Waals surface area contributed by atoms with Crippen LogP contribution in [-0.2, 0) is 13.6 Å². The molecule has 7 heteroatoms. The van der Waals surface area contributed by atoms with E-state index in [-0.39, 0.29) is 17.5 Å². The number of amides is 1. The lowest BCUT2D eigenvalue weighted by Gasteiger charge is -2.32. The van der Waals surface area contributed by atoms with Crippen molar-refractivity contribution < 1.29 is 4.79 Å². The number of hydrogen-bond acceptors (Lipinski definition) is 3. The fourth-order valence-electron chi connectivity index (χ4n) is 3.18. The number of nitrogens with zero attached hydrogens (tertiary/aromatic N) is 4. The number of carbonyl (C=O) groups is 1. The Balaban J connectivity index is 1.70. The molecule has 3 aromatic rings. The van der Waals surface area contributed by atoms with E-state index < -0.39 is 0 Å². The number of hydrogen-bond donors (Lipinski definition) is 1. The molecular formula is C17H16ClN5O. The first kappa shape index (κ1) is 15.0. The number of rotatable bonds is 2. The average molecular weight is 342 g/mol. The third-order valence-corrected chi connectivity index (χ3v) is 4.59. The Morgan fingerprint density at radius 3 is 2.83 bits per heavy atom. The maximum Gasteiger partial charge on any atom is 0.276 e. The van der Waals surface area contributed by atoms with Crippen molar-refractivity contribution in [3.63, 3.8) is 0 Å². The summed E-state index contributed by atoms with van der Waals surface area (Å²) in [6, 6.07) is 10.1. The van der Waals surface area contributed by atoms with Gasteiger partial charge >= 0.3 is 0 Å². The van der Waals surface area contributed by atoms with E-state index in [2.05, 4.69) is 27.2 Å². The van der Waals surface area contributed by atoms with E-state index in [1.807, 2.05) is 18.2 Å². The summed E-state index contributed by atoms with van der Waals surface area (Å²) < 4.78 is 1.55. The first-order valence-corrected chi connectivity index (χ1v) is 8.07. The highest BCUT2D eigenvalue weighted by molar-refractivity contribution is 6.33. The normalized spacial score (nSPS) is 16.9. The van der Waals surface area contributed by atoms with Crippen LogP contribution in [0.1, 0.15) is 33.4 Å². The molecule has 1 atom stereocenters. The van der Waals surface area contributed by atoms with Crippen LogP contribution in [0.3, 0.4) is 0 Å². The van der Waals surface area contributed by atoms with Crippen molar-refractivity contribution >= 4 is 17.5 Å². The highest BCUT2D eigenvalue weighted by atomic mass is 35.5. The van der Waals surface area contributed by atoms with E-state index in [4.69, 9.17) is 11.6 Å². The summed E-state index contributed by atoms with van der Waals surface area (Å²) >= 11 is 6.14. The van der Waals surface area contributed by atoms with E-state index in [1.165, 1.54) is 0 Å². The quantitative estimate of drug-likeness (QED) is 0.779. The van der Waals surface area contributed by atoms with Gasteiger partial charge in [0, 0.05) is 25.7 Å². The third-order valence-electron chi connectivity index (χ3n) is 4.31. The van der Waals surface area contributed by atoms with Crippen LogP contribution in [0.25, 0.3) is 0 Å². The predicted octanol–water partition coefficient (Wildman–Crippen LogP) is 2.58. The smallest absolute Gasteiger partial charge is 0.276 e. The molecule has 24 heavy (non-hydrogen) atoms. The number of nitrogens with one attached hydrogen (secondary N) is 1. The first-order chi connectivity index (χ1) is 11.6. The van der Waals surface area contributed by atoms with Gasteiger partial charge in [0.2, 0.25) is 0 Å². The number of aromatic amines is 1. The number of aromatic nitrogens is 4. The van der Waals surface area contributed by atoms with Gasteiger partial charge in [-0.25, -0.2) is 4.98 Å². The summed E-state index contributed by atoms with van der Waals surface area (Å²) in [6.07, 6.45) is 3.32. The van der Waals surface area contributed by atoms with E-state index in [9.17, 15) is 4.79 Å². The summed E-state index contributed by atoms with van der Waals surface area (Å²) in [5, 5.41) is 4.56. The summed E-state index contributed by atoms with van der Waals surface area (Å²) in [5.74, 6) is -0.130. The van der Waals surface area contributed by atoms with Crippen LogP contribution in [0.15, 0.2) is 42.9 Å². The van der Waals surface area contributed by atoms with E-state index in [0.29, 0.717) is 18.1 Å². The molecule has 0 radical (unpaired) electrons. The Morgan fingerprint density at radius 1 is 1.33 bits per heavy atom.